The molecule has 1 aliphatic heterocycles. The summed E-state index contributed by atoms with van der Waals surface area (Å²) in [6, 6.07) is 9.86. The molecule has 2 aliphatic rings. The number of benzene rings is 1. The predicted octanol–water partition coefficient (Wildman–Crippen LogP) is 5.31. The average Bonchev–Trinajstić information content (AvgIpc) is 3.59. The van der Waals surface area contributed by atoms with Crippen molar-refractivity contribution in [2.75, 3.05) is 11.9 Å². The summed E-state index contributed by atoms with van der Waals surface area (Å²) in [4.78, 5) is 33.7. The van der Waals surface area contributed by atoms with Gasteiger partial charge in [0.15, 0.2) is 0 Å². The Morgan fingerprint density at radius 2 is 1.89 bits per heavy atom. The van der Waals surface area contributed by atoms with E-state index in [0.29, 0.717) is 24.7 Å². The lowest BCUT2D eigenvalue weighted by molar-refractivity contribution is -0.117. The van der Waals surface area contributed by atoms with Crippen molar-refractivity contribution < 1.29 is 18.8 Å². The zero-order chi connectivity index (χ0) is 24.6. The molecule has 2 aromatic heterocycles. The summed E-state index contributed by atoms with van der Waals surface area (Å²) in [6.45, 7) is 6.50. The molecule has 3 heterocycles. The lowest BCUT2D eigenvalue weighted by atomic mass is 9.88. The maximum atomic E-state index is 13.0. The molecule has 1 aromatic carbocycles. The van der Waals surface area contributed by atoms with Gasteiger partial charge in [-0.25, -0.2) is 4.98 Å². The minimum Gasteiger partial charge on any atom is -0.493 e. The summed E-state index contributed by atoms with van der Waals surface area (Å²) in [7, 11) is 0. The average molecular weight is 475 g/mol. The number of carbonyl (C=O) groups is 2. The van der Waals surface area contributed by atoms with Gasteiger partial charge in [-0.05, 0) is 66.5 Å². The number of nitrogens with one attached hydrogen (secondary N) is 1. The van der Waals surface area contributed by atoms with Gasteiger partial charge in [-0.3, -0.25) is 9.59 Å². The fourth-order valence-corrected chi connectivity index (χ4v) is 4.26. The molecule has 8 nitrogen and oxygen atoms in total. The van der Waals surface area contributed by atoms with Crippen LogP contribution in [0.3, 0.4) is 0 Å². The Balaban J connectivity index is 1.35. The van der Waals surface area contributed by atoms with Gasteiger partial charge in [0.05, 0.1) is 6.61 Å². The number of ketones is 1. The fraction of sp³-hybridized carbons (Fsp3) is 0.444. The molecule has 8 heteroatoms. The van der Waals surface area contributed by atoms with Crippen LogP contribution in [0.4, 0.5) is 5.82 Å². The highest BCUT2D eigenvalue weighted by Crippen LogP contribution is 2.39. The standard InChI is InChI=1S/C27H30N4O4/c1-27(2,3)26-30-24(31-35-26)21(32)13-19-5-4-12-34-22-14-17(8-9-20(19)22)18-10-11-28-23(15-18)29-25(33)16-6-7-16/h8-11,14-16,19H,4-7,12-13H2,1-3H3,(H,28,29,33). The third-order valence-corrected chi connectivity index (χ3v) is 6.45. The number of ether oxygens (including phenoxy) is 1. The molecule has 35 heavy (non-hydrogen) atoms. The maximum Gasteiger partial charge on any atom is 0.238 e. The van der Waals surface area contributed by atoms with Gasteiger partial charge < -0.3 is 14.6 Å². The van der Waals surface area contributed by atoms with E-state index in [1.54, 1.807) is 6.20 Å². The Kier molecular flexibility index (Phi) is 6.13. The Bertz CT molecular complexity index is 1260. The quantitative estimate of drug-likeness (QED) is 0.483. The van der Waals surface area contributed by atoms with E-state index in [9.17, 15) is 9.59 Å². The van der Waals surface area contributed by atoms with Crippen LogP contribution in [-0.2, 0) is 10.2 Å². The van der Waals surface area contributed by atoms with Crippen molar-refractivity contribution in [2.45, 2.75) is 64.2 Å². The summed E-state index contributed by atoms with van der Waals surface area (Å²) in [5.41, 5.74) is 2.61. The van der Waals surface area contributed by atoms with Crippen LogP contribution in [0.15, 0.2) is 41.1 Å². The van der Waals surface area contributed by atoms with Gasteiger partial charge in [-0.1, -0.05) is 38.1 Å². The number of Topliss-reactive ketones (excluding diaryl/α,β-unsaturated/α-hetero) is 1. The number of amides is 1. The molecule has 0 bridgehead atoms. The largest absolute Gasteiger partial charge is 0.493 e. The highest BCUT2D eigenvalue weighted by atomic mass is 16.5. The molecule has 1 amide bonds. The molecule has 1 N–H and O–H groups in total. The van der Waals surface area contributed by atoms with Crippen molar-refractivity contribution in [1.82, 2.24) is 15.1 Å². The molecule has 0 saturated heterocycles. The van der Waals surface area contributed by atoms with E-state index in [1.807, 2.05) is 51.1 Å². The molecule has 0 spiro atoms. The maximum absolute atomic E-state index is 13.0. The number of aromatic nitrogens is 3. The van der Waals surface area contributed by atoms with Gasteiger partial charge >= 0.3 is 0 Å². The van der Waals surface area contributed by atoms with Gasteiger partial charge in [0.2, 0.25) is 23.4 Å². The van der Waals surface area contributed by atoms with Gasteiger partial charge in [0.25, 0.3) is 0 Å². The summed E-state index contributed by atoms with van der Waals surface area (Å²) < 4.78 is 11.4. The molecule has 182 valence electrons. The smallest absolute Gasteiger partial charge is 0.238 e. The van der Waals surface area contributed by atoms with E-state index < -0.39 is 0 Å². The van der Waals surface area contributed by atoms with Gasteiger partial charge in [-0.15, -0.1) is 0 Å². The van der Waals surface area contributed by atoms with Crippen molar-refractivity contribution in [2.24, 2.45) is 5.92 Å². The number of hydrogen-bond donors (Lipinski definition) is 1. The Morgan fingerprint density at radius 3 is 2.63 bits per heavy atom. The molecule has 3 aromatic rings. The molecule has 1 unspecified atom stereocenters. The highest BCUT2D eigenvalue weighted by molar-refractivity contribution is 5.94. The number of pyridine rings is 1. The van der Waals surface area contributed by atoms with Gasteiger partial charge in [0.1, 0.15) is 11.6 Å². The van der Waals surface area contributed by atoms with Crippen LogP contribution >= 0.6 is 0 Å². The van der Waals surface area contributed by atoms with E-state index in [2.05, 4.69) is 20.4 Å². The normalized spacial score (nSPS) is 17.7. The SMILES string of the molecule is CC(C)(C)c1nc(C(=O)CC2CCCOc3cc(-c4ccnc(NC(=O)C5CC5)c4)ccc32)no1. The number of rotatable bonds is 6. The van der Waals surface area contributed by atoms with E-state index >= 15 is 0 Å². The van der Waals surface area contributed by atoms with Crippen LogP contribution in [0, 0.1) is 5.92 Å². The van der Waals surface area contributed by atoms with Gasteiger partial charge in [-0.2, -0.15) is 4.98 Å². The molecule has 1 atom stereocenters. The number of carbonyl (C=O) groups excluding carboxylic acids is 2. The lowest BCUT2D eigenvalue weighted by Gasteiger charge is -2.16. The third-order valence-electron chi connectivity index (χ3n) is 6.45. The van der Waals surface area contributed by atoms with E-state index in [4.69, 9.17) is 9.26 Å². The van der Waals surface area contributed by atoms with E-state index in [0.717, 1.165) is 48.1 Å². The summed E-state index contributed by atoms with van der Waals surface area (Å²) >= 11 is 0. The molecule has 0 radical (unpaired) electrons. The first-order valence-corrected chi connectivity index (χ1v) is 12.2. The van der Waals surface area contributed by atoms with Crippen molar-refractivity contribution in [3.8, 4) is 16.9 Å². The first-order valence-electron chi connectivity index (χ1n) is 12.2. The number of nitrogens with zero attached hydrogens (tertiary/aromatic N) is 3. The number of anilines is 1. The molecule has 1 fully saturated rings. The second kappa shape index (κ2) is 9.24. The van der Waals surface area contributed by atoms with Crippen LogP contribution < -0.4 is 10.1 Å². The first-order chi connectivity index (χ1) is 16.8. The summed E-state index contributed by atoms with van der Waals surface area (Å²) in [5, 5.41) is 6.83. The van der Waals surface area contributed by atoms with Gasteiger partial charge in [0, 0.05) is 24.0 Å². The predicted molar refractivity (Wildman–Crippen MR) is 130 cm³/mol. The molecule has 5 rings (SSSR count). The first kappa shape index (κ1) is 23.2. The van der Waals surface area contributed by atoms with Crippen molar-refractivity contribution in [1.29, 1.82) is 0 Å². The minimum absolute atomic E-state index is 0.0106. The van der Waals surface area contributed by atoms with Crippen LogP contribution in [0.25, 0.3) is 11.1 Å². The zero-order valence-electron chi connectivity index (χ0n) is 20.3. The van der Waals surface area contributed by atoms with Crippen LogP contribution in [-0.4, -0.2) is 33.4 Å². The monoisotopic (exact) mass is 474 g/mol. The Hall–Kier alpha value is -3.55. The third kappa shape index (κ3) is 5.26. The topological polar surface area (TPSA) is 107 Å². The fourth-order valence-electron chi connectivity index (χ4n) is 4.26. The Morgan fingerprint density at radius 1 is 1.09 bits per heavy atom. The summed E-state index contributed by atoms with van der Waals surface area (Å²) in [5.74, 6) is 1.95. The Labute approximate surface area is 204 Å². The number of hydrogen-bond acceptors (Lipinski definition) is 7. The van der Waals surface area contributed by atoms with Crippen molar-refractivity contribution in [3.63, 3.8) is 0 Å². The van der Waals surface area contributed by atoms with Crippen molar-refractivity contribution >= 4 is 17.5 Å². The minimum atomic E-state index is -0.307. The highest BCUT2D eigenvalue weighted by Gasteiger charge is 2.30. The number of fused-ring (bicyclic) bond motifs is 1. The molecular weight excluding hydrogens is 444 g/mol. The van der Waals surface area contributed by atoms with Crippen LogP contribution in [0.1, 0.15) is 80.9 Å². The van der Waals surface area contributed by atoms with Crippen LogP contribution in [0.2, 0.25) is 0 Å². The lowest BCUT2D eigenvalue weighted by Crippen LogP contribution is -2.14. The second-order valence-electron chi connectivity index (χ2n) is 10.4. The molecular formula is C27H30N4O4. The van der Waals surface area contributed by atoms with E-state index in [1.165, 1.54) is 0 Å². The van der Waals surface area contributed by atoms with Crippen LogP contribution in [0.5, 0.6) is 5.75 Å². The van der Waals surface area contributed by atoms with E-state index in [-0.39, 0.29) is 34.8 Å². The molecule has 1 saturated carbocycles. The zero-order valence-corrected chi connectivity index (χ0v) is 20.3. The molecule has 1 aliphatic carbocycles. The summed E-state index contributed by atoms with van der Waals surface area (Å²) in [6.07, 6.45) is 5.58. The second-order valence-corrected chi connectivity index (χ2v) is 10.4. The van der Waals surface area contributed by atoms with Crippen molar-refractivity contribution in [3.05, 3.63) is 53.8 Å².